The standard InChI is InChI=1S/C16H21N2O4/c1-3-4-8-17-9-6-5-7-13(17)12-14-15(19)18(10-11-21-2)16(20)22-14/h5-7,9,12H,3-4,8,10-11H2,1-2H3/q+1. The average molecular weight is 305 g/mol. The Morgan fingerprint density at radius 1 is 1.36 bits per heavy atom. The molecule has 1 aromatic heterocycles. The number of carbonyl (C=O) groups excluding carboxylic acids is 2. The van der Waals surface area contributed by atoms with Gasteiger partial charge in [-0.1, -0.05) is 13.3 Å². The normalized spacial score (nSPS) is 16.5. The Morgan fingerprint density at radius 2 is 2.18 bits per heavy atom. The molecule has 0 radical (unpaired) electrons. The molecule has 2 rings (SSSR count). The number of hydrogen-bond donors (Lipinski definition) is 0. The zero-order chi connectivity index (χ0) is 15.9. The van der Waals surface area contributed by atoms with Crippen LogP contribution in [0, 0.1) is 0 Å². The highest BCUT2D eigenvalue weighted by Gasteiger charge is 2.36. The van der Waals surface area contributed by atoms with Gasteiger partial charge in [0.15, 0.2) is 6.20 Å². The largest absolute Gasteiger partial charge is 0.422 e. The van der Waals surface area contributed by atoms with Gasteiger partial charge in [-0.3, -0.25) is 4.79 Å². The first kappa shape index (κ1) is 16.2. The van der Waals surface area contributed by atoms with Crippen molar-refractivity contribution in [2.45, 2.75) is 26.3 Å². The number of ether oxygens (including phenoxy) is 2. The fourth-order valence-electron chi connectivity index (χ4n) is 2.16. The Hall–Kier alpha value is -2.21. The van der Waals surface area contributed by atoms with Crippen LogP contribution in [0.2, 0.25) is 0 Å². The third-order valence-corrected chi connectivity index (χ3v) is 3.40. The second-order valence-electron chi connectivity index (χ2n) is 5.00. The highest BCUT2D eigenvalue weighted by molar-refractivity contribution is 6.09. The first-order chi connectivity index (χ1) is 10.7. The van der Waals surface area contributed by atoms with E-state index in [1.54, 1.807) is 6.08 Å². The lowest BCUT2D eigenvalue weighted by atomic mass is 10.2. The summed E-state index contributed by atoms with van der Waals surface area (Å²) in [5.41, 5.74) is 0.834. The van der Waals surface area contributed by atoms with Crippen molar-refractivity contribution in [2.75, 3.05) is 20.3 Å². The lowest BCUT2D eigenvalue weighted by Gasteiger charge is -2.08. The van der Waals surface area contributed by atoms with E-state index in [1.807, 2.05) is 29.0 Å². The molecule has 1 saturated heterocycles. The van der Waals surface area contributed by atoms with Crippen molar-refractivity contribution in [1.29, 1.82) is 0 Å². The van der Waals surface area contributed by atoms with Gasteiger partial charge in [0.2, 0.25) is 11.5 Å². The SMILES string of the molecule is CCCC[n+]1ccccc1C=C1OC(=O)N(CCOC)C1=O. The molecule has 1 aliphatic rings. The second kappa shape index (κ2) is 7.70. The predicted octanol–water partition coefficient (Wildman–Crippen LogP) is 1.74. The molecule has 118 valence electrons. The van der Waals surface area contributed by atoms with Crippen LogP contribution in [0.4, 0.5) is 4.79 Å². The molecule has 0 atom stereocenters. The molecule has 1 aromatic rings. The highest BCUT2D eigenvalue weighted by Crippen LogP contribution is 2.18. The first-order valence-corrected chi connectivity index (χ1v) is 7.40. The maximum Gasteiger partial charge on any atom is 0.422 e. The molecule has 0 aromatic carbocycles. The van der Waals surface area contributed by atoms with Gasteiger partial charge >= 0.3 is 6.09 Å². The van der Waals surface area contributed by atoms with E-state index in [9.17, 15) is 9.59 Å². The van der Waals surface area contributed by atoms with E-state index in [4.69, 9.17) is 9.47 Å². The highest BCUT2D eigenvalue weighted by atomic mass is 16.6. The van der Waals surface area contributed by atoms with Crippen LogP contribution in [-0.4, -0.2) is 37.2 Å². The van der Waals surface area contributed by atoms with Gasteiger partial charge in [-0.15, -0.1) is 0 Å². The monoisotopic (exact) mass is 305 g/mol. The topological polar surface area (TPSA) is 59.7 Å². The molecule has 0 saturated carbocycles. The summed E-state index contributed by atoms with van der Waals surface area (Å²) in [6, 6.07) is 5.71. The number of rotatable bonds is 7. The van der Waals surface area contributed by atoms with Gasteiger partial charge in [0.05, 0.1) is 19.2 Å². The molecule has 0 bridgehead atoms. The predicted molar refractivity (Wildman–Crippen MR) is 79.6 cm³/mol. The number of nitrogens with zero attached hydrogens (tertiary/aromatic N) is 2. The van der Waals surface area contributed by atoms with Crippen LogP contribution in [-0.2, 0) is 20.8 Å². The van der Waals surface area contributed by atoms with Crippen molar-refractivity contribution >= 4 is 18.1 Å². The molecule has 1 aliphatic heterocycles. The average Bonchev–Trinajstić information content (AvgIpc) is 2.78. The molecule has 1 fully saturated rings. The van der Waals surface area contributed by atoms with E-state index in [-0.39, 0.29) is 18.9 Å². The van der Waals surface area contributed by atoms with Crippen LogP contribution in [0.1, 0.15) is 25.5 Å². The van der Waals surface area contributed by atoms with Gasteiger partial charge in [-0.05, 0) is 6.07 Å². The van der Waals surface area contributed by atoms with Crippen LogP contribution in [0.15, 0.2) is 30.2 Å². The van der Waals surface area contributed by atoms with Gasteiger partial charge in [0.25, 0.3) is 5.91 Å². The van der Waals surface area contributed by atoms with Crippen LogP contribution >= 0.6 is 0 Å². The third-order valence-electron chi connectivity index (χ3n) is 3.40. The maximum absolute atomic E-state index is 12.2. The summed E-state index contributed by atoms with van der Waals surface area (Å²) in [5, 5.41) is 0. The lowest BCUT2D eigenvalue weighted by molar-refractivity contribution is -0.699. The maximum atomic E-state index is 12.2. The Bertz CT molecular complexity index is 583. The van der Waals surface area contributed by atoms with Gasteiger partial charge in [0, 0.05) is 25.7 Å². The van der Waals surface area contributed by atoms with Crippen molar-refractivity contribution in [3.8, 4) is 0 Å². The van der Waals surface area contributed by atoms with E-state index in [1.165, 1.54) is 7.11 Å². The smallest absolute Gasteiger partial charge is 0.404 e. The molecular weight excluding hydrogens is 284 g/mol. The van der Waals surface area contributed by atoms with Crippen LogP contribution < -0.4 is 4.57 Å². The summed E-state index contributed by atoms with van der Waals surface area (Å²) in [4.78, 5) is 25.0. The van der Waals surface area contributed by atoms with E-state index >= 15 is 0 Å². The Morgan fingerprint density at radius 3 is 2.91 bits per heavy atom. The number of cyclic esters (lactones) is 1. The number of hydrogen-bond acceptors (Lipinski definition) is 4. The van der Waals surface area contributed by atoms with Crippen molar-refractivity contribution in [1.82, 2.24) is 4.90 Å². The number of methoxy groups -OCH3 is 1. The number of aryl methyl sites for hydroxylation is 1. The quantitative estimate of drug-likeness (QED) is 0.569. The van der Waals surface area contributed by atoms with Crippen molar-refractivity contribution in [3.05, 3.63) is 35.8 Å². The molecule has 2 heterocycles. The van der Waals surface area contributed by atoms with Gasteiger partial charge < -0.3 is 9.47 Å². The van der Waals surface area contributed by atoms with Gasteiger partial charge in [-0.2, -0.15) is 4.57 Å². The van der Waals surface area contributed by atoms with Gasteiger partial charge in [0.1, 0.15) is 6.54 Å². The van der Waals surface area contributed by atoms with Crippen molar-refractivity contribution in [2.24, 2.45) is 0 Å². The summed E-state index contributed by atoms with van der Waals surface area (Å²) in [7, 11) is 1.52. The molecule has 0 aliphatic carbocycles. The molecule has 6 heteroatoms. The molecule has 22 heavy (non-hydrogen) atoms. The summed E-state index contributed by atoms with van der Waals surface area (Å²) < 4.78 is 12.0. The number of amides is 2. The second-order valence-corrected chi connectivity index (χ2v) is 5.00. The van der Waals surface area contributed by atoms with Crippen LogP contribution in [0.5, 0.6) is 0 Å². The first-order valence-electron chi connectivity index (χ1n) is 7.40. The van der Waals surface area contributed by atoms with Crippen molar-refractivity contribution < 1.29 is 23.6 Å². The number of carbonyl (C=O) groups is 2. The molecule has 2 amide bonds. The fraction of sp³-hybridized carbons (Fsp3) is 0.438. The number of imide groups is 1. The minimum Gasteiger partial charge on any atom is -0.404 e. The van der Waals surface area contributed by atoms with Crippen molar-refractivity contribution in [3.63, 3.8) is 0 Å². The molecule has 6 nitrogen and oxygen atoms in total. The summed E-state index contributed by atoms with van der Waals surface area (Å²) >= 11 is 0. The van der Waals surface area contributed by atoms with E-state index in [0.29, 0.717) is 0 Å². The zero-order valence-corrected chi connectivity index (χ0v) is 12.9. The number of pyridine rings is 1. The molecule has 0 spiro atoms. The lowest BCUT2D eigenvalue weighted by Crippen LogP contribution is -2.36. The van der Waals surface area contributed by atoms with Gasteiger partial charge in [-0.25, -0.2) is 9.69 Å². The Balaban J connectivity index is 2.19. The fourth-order valence-corrected chi connectivity index (χ4v) is 2.16. The van der Waals surface area contributed by atoms with E-state index in [0.717, 1.165) is 30.0 Å². The van der Waals surface area contributed by atoms with E-state index < -0.39 is 12.0 Å². The Labute approximate surface area is 129 Å². The van der Waals surface area contributed by atoms with Crippen LogP contribution in [0.25, 0.3) is 6.08 Å². The van der Waals surface area contributed by atoms with Crippen LogP contribution in [0.3, 0.4) is 0 Å². The molecule has 0 unspecified atom stereocenters. The molecule has 0 N–H and O–H groups in total. The summed E-state index contributed by atoms with van der Waals surface area (Å²) in [6.45, 7) is 3.45. The molecular formula is C16H21N2O4+. The number of unbranched alkanes of at least 4 members (excludes halogenated alkanes) is 1. The number of aromatic nitrogens is 1. The van der Waals surface area contributed by atoms with E-state index in [2.05, 4.69) is 6.92 Å². The minimum absolute atomic E-state index is 0.0533. The third kappa shape index (κ3) is 3.71. The Kier molecular flexibility index (Phi) is 5.66. The zero-order valence-electron chi connectivity index (χ0n) is 12.9. The summed E-state index contributed by atoms with van der Waals surface area (Å²) in [5.74, 6) is -0.370. The minimum atomic E-state index is -0.649. The summed E-state index contributed by atoms with van der Waals surface area (Å²) in [6.07, 6.45) is 5.04.